The molecule has 1 atom stereocenters. The molecule has 2 heterocycles. The summed E-state index contributed by atoms with van der Waals surface area (Å²) in [5.41, 5.74) is 0. The molecule has 1 aliphatic rings. The Morgan fingerprint density at radius 3 is 2.80 bits per heavy atom. The van der Waals surface area contributed by atoms with E-state index < -0.39 is 0 Å². The predicted octanol–water partition coefficient (Wildman–Crippen LogP) is 1.40. The third-order valence-corrected chi connectivity index (χ3v) is 3.00. The summed E-state index contributed by atoms with van der Waals surface area (Å²) in [7, 11) is 0. The highest BCUT2D eigenvalue weighted by Crippen LogP contribution is 2.11. The number of hydrogen-bond donors (Lipinski definition) is 1. The average Bonchev–Trinajstić information content (AvgIpc) is 2.39. The van der Waals surface area contributed by atoms with Gasteiger partial charge in [0.15, 0.2) is 0 Å². The third kappa shape index (κ3) is 4.94. The largest absolute Gasteiger partial charge is 0.475 e. The van der Waals surface area contributed by atoms with Gasteiger partial charge in [-0.3, -0.25) is 4.90 Å². The molecule has 1 fully saturated rings. The van der Waals surface area contributed by atoms with Gasteiger partial charge in [-0.15, -0.1) is 0 Å². The Balaban J connectivity index is 1.85. The molecule has 0 spiro atoms. The molecule has 1 aliphatic heterocycles. The van der Waals surface area contributed by atoms with Crippen molar-refractivity contribution < 1.29 is 9.47 Å². The van der Waals surface area contributed by atoms with E-state index in [1.54, 1.807) is 12.3 Å². The monoisotopic (exact) mass is 280 g/mol. The van der Waals surface area contributed by atoms with Crippen LogP contribution in [0.2, 0.25) is 0 Å². The molecule has 0 aromatic carbocycles. The Morgan fingerprint density at radius 1 is 1.35 bits per heavy atom. The summed E-state index contributed by atoms with van der Waals surface area (Å²) in [6, 6.07) is 2.06. The topological polar surface area (TPSA) is 59.5 Å². The van der Waals surface area contributed by atoms with E-state index >= 15 is 0 Å². The van der Waals surface area contributed by atoms with E-state index in [1.807, 2.05) is 13.8 Å². The fourth-order valence-corrected chi connectivity index (χ4v) is 2.16. The fourth-order valence-electron chi connectivity index (χ4n) is 2.16. The SMILES string of the molecule is CC(CN1CCOCC1)Nc1nccc(OC(C)C)n1. The van der Waals surface area contributed by atoms with Crippen molar-refractivity contribution in [2.24, 2.45) is 0 Å². The summed E-state index contributed by atoms with van der Waals surface area (Å²) in [6.07, 6.45) is 1.83. The molecular formula is C14H24N4O2. The van der Waals surface area contributed by atoms with Gasteiger partial charge in [0.1, 0.15) is 0 Å². The first-order chi connectivity index (χ1) is 9.63. The van der Waals surface area contributed by atoms with E-state index in [0.29, 0.717) is 11.8 Å². The summed E-state index contributed by atoms with van der Waals surface area (Å²) in [4.78, 5) is 11.0. The van der Waals surface area contributed by atoms with Crippen molar-refractivity contribution in [1.29, 1.82) is 0 Å². The molecule has 2 rings (SSSR count). The van der Waals surface area contributed by atoms with E-state index in [4.69, 9.17) is 9.47 Å². The Labute approximate surface area is 120 Å². The molecule has 1 aromatic rings. The van der Waals surface area contributed by atoms with Gasteiger partial charge in [-0.25, -0.2) is 4.98 Å². The van der Waals surface area contributed by atoms with Crippen LogP contribution in [-0.4, -0.2) is 59.9 Å². The van der Waals surface area contributed by atoms with Crippen molar-refractivity contribution >= 4 is 5.95 Å². The molecule has 1 aromatic heterocycles. The number of nitrogens with zero attached hydrogens (tertiary/aromatic N) is 3. The zero-order valence-electron chi connectivity index (χ0n) is 12.5. The quantitative estimate of drug-likeness (QED) is 0.850. The molecule has 6 nitrogen and oxygen atoms in total. The van der Waals surface area contributed by atoms with E-state index in [1.165, 1.54) is 0 Å². The molecule has 0 bridgehead atoms. The number of nitrogens with one attached hydrogen (secondary N) is 1. The molecule has 1 saturated heterocycles. The minimum Gasteiger partial charge on any atom is -0.475 e. The minimum absolute atomic E-state index is 0.114. The van der Waals surface area contributed by atoms with Crippen molar-refractivity contribution in [1.82, 2.24) is 14.9 Å². The number of morpholine rings is 1. The van der Waals surface area contributed by atoms with Gasteiger partial charge in [-0.1, -0.05) is 0 Å². The fraction of sp³-hybridized carbons (Fsp3) is 0.714. The predicted molar refractivity (Wildman–Crippen MR) is 78.1 cm³/mol. The lowest BCUT2D eigenvalue weighted by Crippen LogP contribution is -2.42. The van der Waals surface area contributed by atoms with E-state index in [9.17, 15) is 0 Å². The van der Waals surface area contributed by atoms with Gasteiger partial charge >= 0.3 is 0 Å². The van der Waals surface area contributed by atoms with Gasteiger partial charge in [-0.2, -0.15) is 4.98 Å². The maximum absolute atomic E-state index is 5.57. The summed E-state index contributed by atoms with van der Waals surface area (Å²) >= 11 is 0. The van der Waals surface area contributed by atoms with Gasteiger partial charge in [0.05, 0.1) is 19.3 Å². The van der Waals surface area contributed by atoms with Gasteiger partial charge in [0.2, 0.25) is 11.8 Å². The van der Waals surface area contributed by atoms with Crippen LogP contribution in [0.15, 0.2) is 12.3 Å². The van der Waals surface area contributed by atoms with Crippen LogP contribution in [0.1, 0.15) is 20.8 Å². The van der Waals surface area contributed by atoms with Gasteiger partial charge in [0, 0.05) is 37.9 Å². The molecule has 0 radical (unpaired) electrons. The molecule has 20 heavy (non-hydrogen) atoms. The lowest BCUT2D eigenvalue weighted by Gasteiger charge is -2.29. The first kappa shape index (κ1) is 15.0. The summed E-state index contributed by atoms with van der Waals surface area (Å²) < 4.78 is 10.9. The second-order valence-electron chi connectivity index (χ2n) is 5.34. The number of hydrogen-bond acceptors (Lipinski definition) is 6. The maximum Gasteiger partial charge on any atom is 0.226 e. The van der Waals surface area contributed by atoms with Crippen LogP contribution in [0.4, 0.5) is 5.95 Å². The van der Waals surface area contributed by atoms with E-state index in [2.05, 4.69) is 27.1 Å². The molecular weight excluding hydrogens is 256 g/mol. The molecule has 1 unspecified atom stereocenters. The second-order valence-corrected chi connectivity index (χ2v) is 5.34. The number of ether oxygens (including phenoxy) is 2. The van der Waals surface area contributed by atoms with Crippen LogP contribution in [0.3, 0.4) is 0 Å². The molecule has 0 saturated carbocycles. The second kappa shape index (κ2) is 7.40. The Bertz CT molecular complexity index is 408. The lowest BCUT2D eigenvalue weighted by molar-refractivity contribution is 0.0368. The minimum atomic E-state index is 0.114. The Morgan fingerprint density at radius 2 is 2.10 bits per heavy atom. The maximum atomic E-state index is 5.57. The summed E-state index contributed by atoms with van der Waals surface area (Å²) in [5, 5.41) is 3.32. The molecule has 112 valence electrons. The van der Waals surface area contributed by atoms with Crippen LogP contribution >= 0.6 is 0 Å². The first-order valence-electron chi connectivity index (χ1n) is 7.20. The highest BCUT2D eigenvalue weighted by molar-refractivity contribution is 5.28. The van der Waals surface area contributed by atoms with Crippen molar-refractivity contribution in [3.05, 3.63) is 12.3 Å². The van der Waals surface area contributed by atoms with Gasteiger partial charge < -0.3 is 14.8 Å². The van der Waals surface area contributed by atoms with Crippen molar-refractivity contribution in [3.8, 4) is 5.88 Å². The summed E-state index contributed by atoms with van der Waals surface area (Å²) in [6.45, 7) is 10.7. The van der Waals surface area contributed by atoms with Crippen LogP contribution < -0.4 is 10.1 Å². The molecule has 1 N–H and O–H groups in total. The molecule has 0 aliphatic carbocycles. The number of rotatable bonds is 6. The van der Waals surface area contributed by atoms with Crippen LogP contribution in [0.5, 0.6) is 5.88 Å². The first-order valence-corrected chi connectivity index (χ1v) is 7.20. The number of anilines is 1. The van der Waals surface area contributed by atoms with Crippen LogP contribution in [-0.2, 0) is 4.74 Å². The van der Waals surface area contributed by atoms with Crippen molar-refractivity contribution in [2.45, 2.75) is 32.9 Å². The number of aromatic nitrogens is 2. The van der Waals surface area contributed by atoms with Gasteiger partial charge in [0.25, 0.3) is 0 Å². The average molecular weight is 280 g/mol. The highest BCUT2D eigenvalue weighted by atomic mass is 16.5. The van der Waals surface area contributed by atoms with E-state index in [-0.39, 0.29) is 12.1 Å². The van der Waals surface area contributed by atoms with Gasteiger partial charge in [-0.05, 0) is 20.8 Å². The normalized spacial score (nSPS) is 18.0. The van der Waals surface area contributed by atoms with E-state index in [0.717, 1.165) is 32.8 Å². The Hall–Kier alpha value is -1.40. The van der Waals surface area contributed by atoms with Crippen LogP contribution in [0, 0.1) is 0 Å². The van der Waals surface area contributed by atoms with Crippen molar-refractivity contribution in [2.75, 3.05) is 38.2 Å². The zero-order valence-corrected chi connectivity index (χ0v) is 12.5. The van der Waals surface area contributed by atoms with Crippen LogP contribution in [0.25, 0.3) is 0 Å². The summed E-state index contributed by atoms with van der Waals surface area (Å²) in [5.74, 6) is 1.22. The lowest BCUT2D eigenvalue weighted by atomic mass is 10.3. The Kier molecular flexibility index (Phi) is 5.55. The molecule has 0 amide bonds. The van der Waals surface area contributed by atoms with Crippen molar-refractivity contribution in [3.63, 3.8) is 0 Å². The standard InChI is InChI=1S/C14H24N4O2/c1-11(2)20-13-4-5-15-14(17-13)16-12(3)10-18-6-8-19-9-7-18/h4-5,11-12H,6-10H2,1-3H3,(H,15,16,17). The molecule has 6 heteroatoms. The third-order valence-electron chi connectivity index (χ3n) is 3.00. The highest BCUT2D eigenvalue weighted by Gasteiger charge is 2.14. The zero-order chi connectivity index (χ0) is 14.4. The smallest absolute Gasteiger partial charge is 0.226 e.